The summed E-state index contributed by atoms with van der Waals surface area (Å²) in [4.78, 5) is 0. The minimum absolute atomic E-state index is 0.375. The summed E-state index contributed by atoms with van der Waals surface area (Å²) in [5, 5.41) is 37.9. The van der Waals surface area contributed by atoms with Gasteiger partial charge in [0.1, 0.15) is 30.2 Å². The van der Waals surface area contributed by atoms with E-state index in [9.17, 15) is 19.7 Å². The predicted octanol–water partition coefficient (Wildman–Crippen LogP) is -0.377. The molecule has 0 spiro atoms. The number of hydrogen-bond acceptors (Lipinski definition) is 6. The van der Waals surface area contributed by atoms with Crippen molar-refractivity contribution in [3.05, 3.63) is 35.1 Å². The van der Waals surface area contributed by atoms with Gasteiger partial charge in [-0.1, -0.05) is 6.07 Å². The van der Waals surface area contributed by atoms with Gasteiger partial charge in [0.05, 0.1) is 13.2 Å². The van der Waals surface area contributed by atoms with Crippen molar-refractivity contribution in [2.45, 2.75) is 37.6 Å². The SMILES string of the molecule is Cc1cc(C2O[C@H]([C@H](O)CO)[C@H](O)[C@H](CO)O2)ccc1F. The first-order valence-corrected chi connectivity index (χ1v) is 6.62. The largest absolute Gasteiger partial charge is 0.394 e. The second kappa shape index (κ2) is 6.78. The summed E-state index contributed by atoms with van der Waals surface area (Å²) >= 11 is 0. The molecule has 1 unspecified atom stereocenters. The van der Waals surface area contributed by atoms with E-state index in [1.807, 2.05) is 0 Å². The van der Waals surface area contributed by atoms with E-state index < -0.39 is 43.9 Å². The van der Waals surface area contributed by atoms with Crippen LogP contribution in [0.1, 0.15) is 17.4 Å². The quantitative estimate of drug-likeness (QED) is 0.605. The molecule has 1 saturated heterocycles. The fourth-order valence-corrected chi connectivity index (χ4v) is 2.25. The molecule has 0 amide bonds. The lowest BCUT2D eigenvalue weighted by Crippen LogP contribution is -2.54. The zero-order valence-electron chi connectivity index (χ0n) is 11.5. The number of aliphatic hydroxyl groups is 4. The van der Waals surface area contributed by atoms with Gasteiger partial charge in [0.25, 0.3) is 0 Å². The minimum atomic E-state index is -1.32. The van der Waals surface area contributed by atoms with Gasteiger partial charge < -0.3 is 29.9 Å². The maximum atomic E-state index is 13.3. The van der Waals surface area contributed by atoms with Crippen molar-refractivity contribution in [1.82, 2.24) is 0 Å². The molecule has 0 aromatic heterocycles. The molecule has 21 heavy (non-hydrogen) atoms. The summed E-state index contributed by atoms with van der Waals surface area (Å²) in [7, 11) is 0. The van der Waals surface area contributed by atoms with Crippen LogP contribution in [0.3, 0.4) is 0 Å². The van der Waals surface area contributed by atoms with Crippen molar-refractivity contribution in [3.8, 4) is 0 Å². The first kappa shape index (κ1) is 16.3. The van der Waals surface area contributed by atoms with E-state index in [0.29, 0.717) is 11.1 Å². The number of ether oxygens (including phenoxy) is 2. The Balaban J connectivity index is 2.24. The van der Waals surface area contributed by atoms with Crippen LogP contribution >= 0.6 is 0 Å². The molecule has 2 rings (SSSR count). The highest BCUT2D eigenvalue weighted by Crippen LogP contribution is 2.32. The minimum Gasteiger partial charge on any atom is -0.394 e. The molecule has 0 radical (unpaired) electrons. The average Bonchev–Trinajstić information content (AvgIpc) is 2.49. The Hall–Kier alpha value is -1.09. The molecular weight excluding hydrogens is 283 g/mol. The summed E-state index contributed by atoms with van der Waals surface area (Å²) in [6, 6.07) is 4.24. The molecule has 1 heterocycles. The number of benzene rings is 1. The Morgan fingerprint density at radius 3 is 2.57 bits per heavy atom. The van der Waals surface area contributed by atoms with Crippen LogP contribution in [-0.4, -0.2) is 58.1 Å². The number of aryl methyl sites for hydroxylation is 1. The van der Waals surface area contributed by atoms with Crippen LogP contribution in [-0.2, 0) is 9.47 Å². The third-order valence-electron chi connectivity index (χ3n) is 3.50. The molecule has 118 valence electrons. The highest BCUT2D eigenvalue weighted by atomic mass is 19.1. The van der Waals surface area contributed by atoms with Gasteiger partial charge in [0.15, 0.2) is 6.29 Å². The first-order valence-electron chi connectivity index (χ1n) is 6.62. The summed E-state index contributed by atoms with van der Waals surface area (Å²) in [5.41, 5.74) is 0.889. The van der Waals surface area contributed by atoms with Crippen LogP contribution < -0.4 is 0 Å². The molecule has 0 saturated carbocycles. The van der Waals surface area contributed by atoms with Gasteiger partial charge in [-0.25, -0.2) is 4.39 Å². The Labute approximate surface area is 121 Å². The molecule has 5 atom stereocenters. The van der Waals surface area contributed by atoms with Gasteiger partial charge in [0, 0.05) is 5.56 Å². The zero-order valence-corrected chi connectivity index (χ0v) is 11.5. The lowest BCUT2D eigenvalue weighted by atomic mass is 10.0. The molecule has 6 nitrogen and oxygen atoms in total. The van der Waals surface area contributed by atoms with Gasteiger partial charge >= 0.3 is 0 Å². The molecule has 1 aromatic carbocycles. The highest BCUT2D eigenvalue weighted by molar-refractivity contribution is 5.25. The lowest BCUT2D eigenvalue weighted by Gasteiger charge is -2.40. The highest BCUT2D eigenvalue weighted by Gasteiger charge is 2.42. The summed E-state index contributed by atoms with van der Waals surface area (Å²) in [6.07, 6.45) is -5.66. The van der Waals surface area contributed by atoms with E-state index in [4.69, 9.17) is 14.6 Å². The summed E-state index contributed by atoms with van der Waals surface area (Å²) in [5.74, 6) is -0.375. The van der Waals surface area contributed by atoms with Crippen LogP contribution in [0.25, 0.3) is 0 Å². The molecule has 1 aliphatic heterocycles. The van der Waals surface area contributed by atoms with Crippen molar-refractivity contribution < 1.29 is 34.3 Å². The van der Waals surface area contributed by atoms with Crippen molar-refractivity contribution in [2.24, 2.45) is 0 Å². The van der Waals surface area contributed by atoms with Gasteiger partial charge in [0.2, 0.25) is 0 Å². The Morgan fingerprint density at radius 1 is 1.29 bits per heavy atom. The molecule has 1 aliphatic rings. The topological polar surface area (TPSA) is 99.4 Å². The molecule has 0 bridgehead atoms. The second-order valence-electron chi connectivity index (χ2n) is 5.04. The smallest absolute Gasteiger partial charge is 0.184 e. The molecular formula is C14H19FO6. The number of aliphatic hydroxyl groups excluding tert-OH is 4. The zero-order chi connectivity index (χ0) is 15.6. The first-order chi connectivity index (χ1) is 9.97. The van der Waals surface area contributed by atoms with Gasteiger partial charge in [-0.2, -0.15) is 0 Å². The fraction of sp³-hybridized carbons (Fsp3) is 0.571. The number of halogens is 1. The van der Waals surface area contributed by atoms with E-state index in [-0.39, 0.29) is 5.82 Å². The second-order valence-corrected chi connectivity index (χ2v) is 5.04. The monoisotopic (exact) mass is 302 g/mol. The Bertz CT molecular complexity index is 483. The standard InChI is InChI=1S/C14H19FO6/c1-7-4-8(2-3-9(7)15)14-20-11(6-17)12(19)13(21-14)10(18)5-16/h2-4,10-14,16-19H,5-6H2,1H3/t10-,11+,12-,13-,14?/m1/s1. The van der Waals surface area contributed by atoms with Gasteiger partial charge in [-0.15, -0.1) is 0 Å². The maximum Gasteiger partial charge on any atom is 0.184 e. The normalized spacial score (nSPS) is 31.1. The number of hydrogen-bond donors (Lipinski definition) is 4. The maximum absolute atomic E-state index is 13.3. The fourth-order valence-electron chi connectivity index (χ4n) is 2.25. The average molecular weight is 302 g/mol. The molecule has 4 N–H and O–H groups in total. The predicted molar refractivity (Wildman–Crippen MR) is 69.8 cm³/mol. The van der Waals surface area contributed by atoms with E-state index >= 15 is 0 Å². The third-order valence-corrected chi connectivity index (χ3v) is 3.50. The molecule has 0 aliphatic carbocycles. The van der Waals surface area contributed by atoms with E-state index in [2.05, 4.69) is 0 Å². The van der Waals surface area contributed by atoms with E-state index in [1.165, 1.54) is 18.2 Å². The molecule has 1 aromatic rings. The van der Waals surface area contributed by atoms with Crippen molar-refractivity contribution in [1.29, 1.82) is 0 Å². The molecule has 7 heteroatoms. The van der Waals surface area contributed by atoms with Crippen LogP contribution in [0.2, 0.25) is 0 Å². The molecule has 1 fully saturated rings. The summed E-state index contributed by atoms with van der Waals surface area (Å²) in [6.45, 7) is 0.505. The van der Waals surface area contributed by atoms with Gasteiger partial charge in [-0.05, 0) is 24.6 Å². The third kappa shape index (κ3) is 3.39. The van der Waals surface area contributed by atoms with Crippen molar-refractivity contribution >= 4 is 0 Å². The lowest BCUT2D eigenvalue weighted by molar-refractivity contribution is -0.310. The van der Waals surface area contributed by atoms with Crippen LogP contribution in [0.4, 0.5) is 4.39 Å². The van der Waals surface area contributed by atoms with Crippen molar-refractivity contribution in [2.75, 3.05) is 13.2 Å². The van der Waals surface area contributed by atoms with Crippen molar-refractivity contribution in [3.63, 3.8) is 0 Å². The van der Waals surface area contributed by atoms with Crippen LogP contribution in [0.5, 0.6) is 0 Å². The number of rotatable bonds is 4. The van der Waals surface area contributed by atoms with E-state index in [0.717, 1.165) is 0 Å². The summed E-state index contributed by atoms with van der Waals surface area (Å²) < 4.78 is 24.2. The van der Waals surface area contributed by atoms with Crippen LogP contribution in [0, 0.1) is 12.7 Å². The van der Waals surface area contributed by atoms with Crippen LogP contribution in [0.15, 0.2) is 18.2 Å². The Morgan fingerprint density at radius 2 is 2.00 bits per heavy atom. The van der Waals surface area contributed by atoms with Gasteiger partial charge in [-0.3, -0.25) is 0 Å². The van der Waals surface area contributed by atoms with E-state index in [1.54, 1.807) is 6.92 Å². The Kier molecular flexibility index (Phi) is 5.26.